The van der Waals surface area contributed by atoms with Crippen molar-refractivity contribution in [2.24, 2.45) is 0 Å². The van der Waals surface area contributed by atoms with E-state index < -0.39 is 30.1 Å². The fourth-order valence-electron chi connectivity index (χ4n) is 9.89. The highest BCUT2D eigenvalue weighted by Crippen LogP contribution is 2.53. The zero-order chi connectivity index (χ0) is 40.8. The molecule has 8 rings (SSSR count). The van der Waals surface area contributed by atoms with Crippen LogP contribution in [-0.4, -0.2) is 91.7 Å². The van der Waals surface area contributed by atoms with E-state index in [1.54, 1.807) is 21.3 Å². The third-order valence-corrected chi connectivity index (χ3v) is 13.4. The van der Waals surface area contributed by atoms with Gasteiger partial charge in [-0.3, -0.25) is 0 Å². The lowest BCUT2D eigenvalue weighted by Crippen LogP contribution is -2.60. The van der Waals surface area contributed by atoms with Crippen LogP contribution in [0.5, 0.6) is 40.2 Å². The Labute approximate surface area is 339 Å². The van der Waals surface area contributed by atoms with Crippen molar-refractivity contribution in [1.29, 1.82) is 0 Å². The van der Waals surface area contributed by atoms with Gasteiger partial charge in [-0.05, 0) is 64.7 Å². The zero-order valence-corrected chi connectivity index (χ0v) is 34.5. The number of nitrogens with zero attached hydrogens (tertiary/aromatic N) is 2. The Balaban J connectivity index is 1.53. The molecule has 6 atom stereocenters. The maximum absolute atomic E-state index is 13.1. The van der Waals surface area contributed by atoms with Gasteiger partial charge in [-0.15, -0.1) is 0 Å². The molecule has 4 aliphatic heterocycles. The van der Waals surface area contributed by atoms with Crippen molar-refractivity contribution < 1.29 is 52.5 Å². The molecule has 6 bridgehead atoms. The number of carboxylic acid groups (broad SMARTS) is 2. The van der Waals surface area contributed by atoms with Crippen LogP contribution < -0.4 is 23.7 Å². The number of carboxylic acids is 2. The van der Waals surface area contributed by atoms with Gasteiger partial charge in [0.2, 0.25) is 0 Å². The molecular weight excluding hydrogens is 748 g/mol. The Morgan fingerprint density at radius 2 is 1.26 bits per heavy atom. The van der Waals surface area contributed by atoms with Crippen LogP contribution in [0.4, 0.5) is 0 Å². The van der Waals surface area contributed by atoms with Gasteiger partial charge in [-0.2, -0.15) is 0 Å². The van der Waals surface area contributed by atoms with E-state index in [-0.39, 0.29) is 15.5 Å². The Hall–Kier alpha value is -4.97. The Kier molecular flexibility index (Phi) is 11.1. The highest BCUT2D eigenvalue weighted by atomic mass is 35.5. The van der Waals surface area contributed by atoms with Crippen LogP contribution >= 0.6 is 11.6 Å². The minimum Gasteiger partial charge on any atom is -0.495 e. The second kappa shape index (κ2) is 15.8. The maximum atomic E-state index is 13.1. The van der Waals surface area contributed by atoms with Gasteiger partial charge in [0.05, 0.1) is 54.1 Å². The summed E-state index contributed by atoms with van der Waals surface area (Å²) in [5.41, 5.74) is 5.74. The zero-order valence-electron chi connectivity index (χ0n) is 33.8. The maximum Gasteiger partial charge on any atom is 0.362 e. The molecule has 4 heterocycles. The van der Waals surface area contributed by atoms with E-state index >= 15 is 0 Å². The third-order valence-electron chi connectivity index (χ3n) is 13.0. The predicted octanol–water partition coefficient (Wildman–Crippen LogP) is 8.56. The quantitative estimate of drug-likeness (QED) is 0.161. The first-order valence-corrected chi connectivity index (χ1v) is 20.0. The SMILES string of the molecule is CCC(C(=O)O)[N+]1(C)CCc2cc(OC)c3cc2C1Cc1ccc(cc1)Oc1cc(ccc1OC)CC1c2c(cc(OC)c(Cl)c2O3)CC[N+]1(C)C(CC)C(=O)O. The molecule has 6 unspecified atom stereocenters. The third kappa shape index (κ3) is 7.04. The molecule has 0 saturated heterocycles. The summed E-state index contributed by atoms with van der Waals surface area (Å²) in [6.45, 7) is 5.02. The number of quaternary nitrogens is 2. The molecule has 0 saturated carbocycles. The number of halogens is 1. The Bertz CT molecular complexity index is 2190. The lowest BCUT2D eigenvalue weighted by molar-refractivity contribution is -0.956. The van der Waals surface area contributed by atoms with Crippen molar-refractivity contribution in [1.82, 2.24) is 0 Å². The highest BCUT2D eigenvalue weighted by molar-refractivity contribution is 6.33. The van der Waals surface area contributed by atoms with Crippen LogP contribution in [0.2, 0.25) is 5.02 Å². The van der Waals surface area contributed by atoms with Gasteiger partial charge in [0.25, 0.3) is 0 Å². The van der Waals surface area contributed by atoms with Crippen LogP contribution in [0.1, 0.15) is 72.2 Å². The van der Waals surface area contributed by atoms with E-state index in [2.05, 4.69) is 7.05 Å². The van der Waals surface area contributed by atoms with Crippen LogP contribution in [-0.2, 0) is 35.3 Å². The summed E-state index contributed by atoms with van der Waals surface area (Å²) in [4.78, 5) is 26.0. The summed E-state index contributed by atoms with van der Waals surface area (Å²) in [7, 11) is 8.84. The molecule has 12 heteroatoms. The van der Waals surface area contributed by atoms with E-state index in [4.69, 9.17) is 35.3 Å². The van der Waals surface area contributed by atoms with Crippen molar-refractivity contribution in [3.05, 3.63) is 99.1 Å². The number of carbonyl (C=O) groups is 2. The van der Waals surface area contributed by atoms with Crippen molar-refractivity contribution >= 4 is 23.5 Å². The fourth-order valence-corrected chi connectivity index (χ4v) is 10.2. The van der Waals surface area contributed by atoms with E-state index in [0.29, 0.717) is 96.3 Å². The minimum atomic E-state index is -0.873. The van der Waals surface area contributed by atoms with Crippen LogP contribution in [0, 0.1) is 0 Å². The molecule has 0 fully saturated rings. The number of methoxy groups -OCH3 is 3. The fraction of sp³-hybridized carbons (Fsp3) is 0.422. The van der Waals surface area contributed by atoms with E-state index in [9.17, 15) is 19.8 Å². The first-order valence-electron chi connectivity index (χ1n) is 19.7. The number of hydrogen-bond acceptors (Lipinski definition) is 7. The van der Waals surface area contributed by atoms with Crippen LogP contribution in [0.15, 0.2) is 60.7 Å². The summed E-state index contributed by atoms with van der Waals surface area (Å²) in [5, 5.41) is 21.5. The molecular formula is C45H53ClN2O9+2. The standard InChI is InChI=1S/C45H51ClN2O9/c1-8-32(44(49)50)47(3)18-16-28-23-37(54-6)39-25-31(28)34(47)20-26-10-13-30(14-11-26)56-38-22-27(12-15-36(38)53-5)21-35-41-29(24-40(55-7)42(46)43(41)57-39)17-19-48(35,4)33(9-2)45(51)52/h10-15,22-25,32-35H,8-9,16-21H2,1-7H3/p+2. The van der Waals surface area contributed by atoms with Gasteiger partial charge >= 0.3 is 11.9 Å². The number of benzene rings is 4. The van der Waals surface area contributed by atoms with Crippen LogP contribution in [0.3, 0.4) is 0 Å². The van der Waals surface area contributed by atoms with Gasteiger partial charge in [0.1, 0.15) is 28.6 Å². The van der Waals surface area contributed by atoms with E-state index in [0.717, 1.165) is 33.4 Å². The molecule has 0 aromatic heterocycles. The topological polar surface area (TPSA) is 121 Å². The minimum absolute atomic E-state index is 0.203. The molecule has 0 amide bonds. The normalized spacial score (nSPS) is 23.4. The smallest absolute Gasteiger partial charge is 0.362 e. The second-order valence-electron chi connectivity index (χ2n) is 15.9. The molecule has 4 aromatic carbocycles. The molecule has 302 valence electrons. The van der Waals surface area contributed by atoms with E-state index in [1.165, 1.54) is 0 Å². The van der Waals surface area contributed by atoms with Gasteiger partial charge in [0, 0.05) is 44.1 Å². The largest absolute Gasteiger partial charge is 0.495 e. The van der Waals surface area contributed by atoms with Gasteiger partial charge in [0.15, 0.2) is 40.8 Å². The first kappa shape index (κ1) is 40.2. The van der Waals surface area contributed by atoms with Crippen molar-refractivity contribution in [3.63, 3.8) is 0 Å². The molecule has 57 heavy (non-hydrogen) atoms. The van der Waals surface area contributed by atoms with Crippen molar-refractivity contribution in [2.45, 2.75) is 76.5 Å². The molecule has 2 N–H and O–H groups in total. The summed E-state index contributed by atoms with van der Waals surface area (Å²) in [6.07, 6.45) is 3.07. The number of ether oxygens (including phenoxy) is 5. The lowest BCUT2D eigenvalue weighted by atomic mass is 9.83. The molecule has 0 radical (unpaired) electrons. The molecule has 11 nitrogen and oxygen atoms in total. The van der Waals surface area contributed by atoms with Gasteiger partial charge in [-0.1, -0.05) is 43.6 Å². The van der Waals surface area contributed by atoms with Crippen molar-refractivity contribution in [2.75, 3.05) is 48.5 Å². The first-order chi connectivity index (χ1) is 27.3. The number of hydrogen-bond donors (Lipinski definition) is 2. The van der Waals surface area contributed by atoms with Crippen LogP contribution in [0.25, 0.3) is 0 Å². The number of aliphatic carboxylic acids is 2. The summed E-state index contributed by atoms with van der Waals surface area (Å²) < 4.78 is 31.7. The van der Waals surface area contributed by atoms with Gasteiger partial charge < -0.3 is 42.9 Å². The van der Waals surface area contributed by atoms with Gasteiger partial charge in [-0.25, -0.2) is 9.59 Å². The monoisotopic (exact) mass is 800 g/mol. The Morgan fingerprint density at radius 3 is 1.86 bits per heavy atom. The second-order valence-corrected chi connectivity index (χ2v) is 16.3. The van der Waals surface area contributed by atoms with E-state index in [1.807, 2.05) is 81.6 Å². The average molecular weight is 801 g/mol. The lowest BCUT2D eigenvalue weighted by Gasteiger charge is -2.49. The molecule has 0 aliphatic carbocycles. The Morgan fingerprint density at radius 1 is 0.719 bits per heavy atom. The predicted molar refractivity (Wildman–Crippen MR) is 216 cm³/mol. The summed E-state index contributed by atoms with van der Waals surface area (Å²) in [6, 6.07) is 17.6. The highest BCUT2D eigenvalue weighted by Gasteiger charge is 2.50. The average Bonchev–Trinajstić information content (AvgIpc) is 3.18. The summed E-state index contributed by atoms with van der Waals surface area (Å²) >= 11 is 7.31. The molecule has 4 aliphatic rings. The number of rotatable bonds is 9. The van der Waals surface area contributed by atoms with Crippen molar-refractivity contribution in [3.8, 4) is 40.2 Å². The number of likely N-dealkylation sites (N-methyl/N-ethyl adjacent to an activating group) is 2. The molecule has 4 aromatic rings. The molecule has 0 spiro atoms. The number of fused-ring (bicyclic) bond motifs is 2. The summed E-state index contributed by atoms with van der Waals surface area (Å²) in [5.74, 6) is 1.76.